The molecule has 0 bridgehead atoms. The second-order valence-electron chi connectivity index (χ2n) is 13.5. The minimum atomic E-state index is -1.38. The van der Waals surface area contributed by atoms with Crippen LogP contribution >= 0.6 is 11.6 Å². The van der Waals surface area contributed by atoms with E-state index in [2.05, 4.69) is 15.8 Å². The van der Waals surface area contributed by atoms with Crippen molar-refractivity contribution in [3.8, 4) is 0 Å². The molecule has 2 fully saturated rings. The van der Waals surface area contributed by atoms with E-state index >= 15 is 0 Å². The second kappa shape index (κ2) is 10.5. The van der Waals surface area contributed by atoms with Crippen molar-refractivity contribution in [2.75, 3.05) is 6.54 Å². The van der Waals surface area contributed by atoms with Gasteiger partial charge in [-0.05, 0) is 50.7 Å². The number of nitrogens with one attached hydrogen (secondary N) is 2. The van der Waals surface area contributed by atoms with E-state index in [1.54, 1.807) is 66.7 Å². The summed E-state index contributed by atoms with van der Waals surface area (Å²) in [5, 5.41) is 20.0. The van der Waals surface area contributed by atoms with Gasteiger partial charge in [0.05, 0.1) is 12.3 Å². The Labute approximate surface area is 244 Å². The summed E-state index contributed by atoms with van der Waals surface area (Å²) >= 11 is 6.17. The fraction of sp³-hybridized carbons (Fsp3) is 0.621. The van der Waals surface area contributed by atoms with E-state index < -0.39 is 58.1 Å². The third-order valence-electron chi connectivity index (χ3n) is 7.79. The number of nitrogens with zero attached hydrogens (tertiary/aromatic N) is 2. The largest absolute Gasteiger partial charge is 0.479 e. The van der Waals surface area contributed by atoms with Crippen LogP contribution < -0.4 is 10.6 Å². The van der Waals surface area contributed by atoms with Gasteiger partial charge in [-0.1, -0.05) is 56.6 Å². The highest BCUT2D eigenvalue weighted by Gasteiger charge is 2.62. The fourth-order valence-electron chi connectivity index (χ4n) is 5.44. The van der Waals surface area contributed by atoms with Crippen molar-refractivity contribution in [1.82, 2.24) is 15.5 Å². The molecule has 1 spiro atoms. The quantitative estimate of drug-likeness (QED) is 0.457. The average Bonchev–Trinajstić information content (AvgIpc) is 3.17. The van der Waals surface area contributed by atoms with E-state index in [0.29, 0.717) is 23.6 Å². The topological polar surface area (TPSA) is 147 Å². The van der Waals surface area contributed by atoms with Crippen LogP contribution in [-0.4, -0.2) is 75.0 Å². The summed E-state index contributed by atoms with van der Waals surface area (Å²) in [6, 6.07) is 5.05. The SMILES string of the molecule is C[C@@H]1C[C@]1(NC(=O)[C@@H]1C[C@]2(CC(c3cccc(Cl)c3)=NO2)CN1C(=O)[C@@H](NC(=O)OC(C)(C)C)C(C)(C)C)C(=O)O. The highest BCUT2D eigenvalue weighted by atomic mass is 35.5. The molecule has 1 aromatic rings. The maximum absolute atomic E-state index is 14.2. The van der Waals surface area contributed by atoms with E-state index in [1.165, 1.54) is 4.90 Å². The molecule has 41 heavy (non-hydrogen) atoms. The number of hydrogen-bond acceptors (Lipinski definition) is 7. The molecule has 12 heteroatoms. The number of benzene rings is 1. The summed E-state index contributed by atoms with van der Waals surface area (Å²) in [5.41, 5.74) is -2.55. The summed E-state index contributed by atoms with van der Waals surface area (Å²) in [6.07, 6.45) is -0.0727. The Bertz CT molecular complexity index is 1290. The third kappa shape index (κ3) is 6.45. The van der Waals surface area contributed by atoms with Crippen molar-refractivity contribution in [3.05, 3.63) is 34.9 Å². The number of amides is 3. The van der Waals surface area contributed by atoms with Crippen LogP contribution in [0.1, 0.15) is 73.3 Å². The van der Waals surface area contributed by atoms with Gasteiger partial charge in [0.2, 0.25) is 11.8 Å². The first-order chi connectivity index (χ1) is 18.9. The lowest BCUT2D eigenvalue weighted by atomic mass is 9.85. The van der Waals surface area contributed by atoms with Crippen molar-refractivity contribution >= 4 is 41.2 Å². The third-order valence-corrected chi connectivity index (χ3v) is 8.03. The van der Waals surface area contributed by atoms with E-state index in [0.717, 1.165) is 5.56 Å². The Kier molecular flexibility index (Phi) is 7.83. The smallest absolute Gasteiger partial charge is 0.408 e. The van der Waals surface area contributed by atoms with Crippen molar-refractivity contribution < 1.29 is 33.9 Å². The number of oxime groups is 1. The molecule has 3 amide bonds. The minimum Gasteiger partial charge on any atom is -0.479 e. The first-order valence-corrected chi connectivity index (χ1v) is 14.1. The molecule has 2 heterocycles. The van der Waals surface area contributed by atoms with Crippen molar-refractivity contribution in [2.45, 2.75) is 96.6 Å². The average molecular weight is 591 g/mol. The van der Waals surface area contributed by atoms with Crippen LogP contribution in [0.25, 0.3) is 0 Å². The molecule has 3 N–H and O–H groups in total. The number of aliphatic carboxylic acids is 1. The maximum atomic E-state index is 14.2. The van der Waals surface area contributed by atoms with Gasteiger partial charge < -0.3 is 30.2 Å². The Morgan fingerprint density at radius 2 is 1.83 bits per heavy atom. The number of alkyl carbamates (subject to hydrolysis) is 1. The van der Waals surface area contributed by atoms with Crippen LogP contribution in [-0.2, 0) is 24.0 Å². The number of rotatable bonds is 6. The van der Waals surface area contributed by atoms with Crippen molar-refractivity contribution in [1.29, 1.82) is 0 Å². The molecule has 4 rings (SSSR count). The lowest BCUT2D eigenvalue weighted by molar-refractivity contribution is -0.146. The molecule has 0 aromatic heterocycles. The minimum absolute atomic E-state index is 0.00961. The standard InChI is InChI=1S/C29H39ClN4O7/c1-16-12-29(16,24(37)38)32-22(35)20-14-28(13-19(33-41-28)17-9-8-10-18(30)11-17)15-34(20)23(36)21(26(2,3)4)31-25(39)40-27(5,6)7/h8-11,16,20-21H,12-15H2,1-7H3,(H,31,39)(H,32,35)(H,37,38)/t16-,20+,21-,28-,29-/m1/s1. The van der Waals surface area contributed by atoms with E-state index in [4.69, 9.17) is 21.2 Å². The molecule has 1 saturated heterocycles. The number of carboxylic acid groups (broad SMARTS) is 1. The number of carboxylic acids is 1. The Morgan fingerprint density at radius 3 is 2.37 bits per heavy atom. The summed E-state index contributed by atoms with van der Waals surface area (Å²) in [5.74, 6) is -2.47. The van der Waals surface area contributed by atoms with E-state index in [1.807, 2.05) is 6.07 Å². The van der Waals surface area contributed by atoms with Gasteiger partial charge in [0, 0.05) is 23.4 Å². The molecular weight excluding hydrogens is 552 g/mol. The molecule has 1 saturated carbocycles. The number of likely N-dealkylation sites (tertiary alicyclic amines) is 1. The molecule has 2 aliphatic heterocycles. The molecule has 0 radical (unpaired) electrons. The van der Waals surface area contributed by atoms with Gasteiger partial charge in [-0.25, -0.2) is 9.59 Å². The summed E-state index contributed by atoms with van der Waals surface area (Å²) in [7, 11) is 0. The summed E-state index contributed by atoms with van der Waals surface area (Å²) in [6.45, 7) is 12.3. The zero-order valence-electron chi connectivity index (χ0n) is 24.5. The Balaban J connectivity index is 1.63. The van der Waals surface area contributed by atoms with Gasteiger partial charge in [0.1, 0.15) is 23.2 Å². The van der Waals surface area contributed by atoms with Gasteiger partial charge in [-0.3, -0.25) is 9.59 Å². The monoisotopic (exact) mass is 590 g/mol. The number of carbonyl (C=O) groups excluding carboxylic acids is 3. The highest BCUT2D eigenvalue weighted by molar-refractivity contribution is 6.31. The maximum Gasteiger partial charge on any atom is 0.408 e. The van der Waals surface area contributed by atoms with Crippen LogP contribution in [0.5, 0.6) is 0 Å². The summed E-state index contributed by atoms with van der Waals surface area (Å²) in [4.78, 5) is 59.9. The Morgan fingerprint density at radius 1 is 1.17 bits per heavy atom. The van der Waals surface area contributed by atoms with Crippen molar-refractivity contribution in [2.24, 2.45) is 16.5 Å². The number of carbonyl (C=O) groups is 4. The normalized spacial score (nSPS) is 28.0. The molecule has 0 unspecified atom stereocenters. The van der Waals surface area contributed by atoms with Gasteiger partial charge in [0.15, 0.2) is 5.60 Å². The van der Waals surface area contributed by atoms with Crippen LogP contribution in [0.4, 0.5) is 4.79 Å². The first-order valence-electron chi connectivity index (χ1n) is 13.7. The number of halogens is 1. The van der Waals surface area contributed by atoms with Crippen LogP contribution in [0.15, 0.2) is 29.4 Å². The number of ether oxygens (including phenoxy) is 1. The fourth-order valence-corrected chi connectivity index (χ4v) is 5.64. The lowest BCUT2D eigenvalue weighted by Gasteiger charge is -2.36. The molecule has 5 atom stereocenters. The molecule has 11 nitrogen and oxygen atoms in total. The number of hydrogen-bond donors (Lipinski definition) is 3. The zero-order chi connectivity index (χ0) is 30.5. The molecule has 1 aromatic carbocycles. The van der Waals surface area contributed by atoms with E-state index in [-0.39, 0.29) is 18.9 Å². The van der Waals surface area contributed by atoms with Gasteiger partial charge in [0.25, 0.3) is 0 Å². The molecule has 224 valence electrons. The van der Waals surface area contributed by atoms with Crippen molar-refractivity contribution in [3.63, 3.8) is 0 Å². The zero-order valence-corrected chi connectivity index (χ0v) is 25.3. The van der Waals surface area contributed by atoms with E-state index in [9.17, 15) is 24.3 Å². The van der Waals surface area contributed by atoms with Crippen LogP contribution in [0, 0.1) is 11.3 Å². The second-order valence-corrected chi connectivity index (χ2v) is 13.9. The van der Waals surface area contributed by atoms with Crippen LogP contribution in [0.2, 0.25) is 5.02 Å². The van der Waals surface area contributed by atoms with Crippen LogP contribution in [0.3, 0.4) is 0 Å². The highest BCUT2D eigenvalue weighted by Crippen LogP contribution is 2.45. The lowest BCUT2D eigenvalue weighted by Crippen LogP contribution is -2.59. The predicted molar refractivity (Wildman–Crippen MR) is 151 cm³/mol. The Hall–Kier alpha value is -3.34. The predicted octanol–water partition coefficient (Wildman–Crippen LogP) is 3.72. The van der Waals surface area contributed by atoms with Gasteiger partial charge in [-0.2, -0.15) is 0 Å². The molecule has 1 aliphatic carbocycles. The molecular formula is C29H39ClN4O7. The van der Waals surface area contributed by atoms with Gasteiger partial charge >= 0.3 is 12.1 Å². The molecule has 3 aliphatic rings. The first kappa shape index (κ1) is 30.6. The van der Waals surface area contributed by atoms with Gasteiger partial charge in [-0.15, -0.1) is 0 Å². The summed E-state index contributed by atoms with van der Waals surface area (Å²) < 4.78 is 5.41.